The second-order valence-corrected chi connectivity index (χ2v) is 8.25. The topological polar surface area (TPSA) is 69.6 Å². The van der Waals surface area contributed by atoms with Gasteiger partial charge in [0.05, 0.1) is 28.1 Å². The van der Waals surface area contributed by atoms with Gasteiger partial charge in [-0.15, -0.1) is 0 Å². The maximum absolute atomic E-state index is 15.6. The molecule has 3 heterocycles. The molecule has 1 saturated carbocycles. The van der Waals surface area contributed by atoms with Crippen molar-refractivity contribution in [3.05, 3.63) is 35.7 Å². The van der Waals surface area contributed by atoms with Gasteiger partial charge in [-0.2, -0.15) is 5.10 Å². The molecule has 0 bridgehead atoms. The van der Waals surface area contributed by atoms with Crippen LogP contribution in [0.15, 0.2) is 18.3 Å². The molecule has 1 fully saturated rings. The standard InChI is InChI=1S/C19H17F2N5S/c1-8(2)14-11-7-23-26(9-3-4-9)17(11)13(21)15(24-14)10-5-6-12(20)18-16(10)25-19(22)27-18/h5-9H,3-4H2,1-2H3,(H2,22,25). The Morgan fingerprint density at radius 2 is 2.00 bits per heavy atom. The molecule has 8 heteroatoms. The zero-order chi connectivity index (χ0) is 18.9. The predicted octanol–water partition coefficient (Wildman–Crippen LogP) is 5.03. The van der Waals surface area contributed by atoms with Crippen molar-refractivity contribution in [2.75, 3.05) is 5.73 Å². The lowest BCUT2D eigenvalue weighted by molar-refractivity contribution is 0.601. The Morgan fingerprint density at radius 1 is 1.22 bits per heavy atom. The van der Waals surface area contributed by atoms with E-state index in [1.54, 1.807) is 10.9 Å². The van der Waals surface area contributed by atoms with Crippen molar-refractivity contribution in [3.8, 4) is 11.3 Å². The smallest absolute Gasteiger partial charge is 0.181 e. The number of fused-ring (bicyclic) bond motifs is 2. The zero-order valence-corrected chi connectivity index (χ0v) is 15.6. The summed E-state index contributed by atoms with van der Waals surface area (Å²) in [6.45, 7) is 4.03. The molecule has 2 N–H and O–H groups in total. The van der Waals surface area contributed by atoms with Crippen molar-refractivity contribution in [3.63, 3.8) is 0 Å². The van der Waals surface area contributed by atoms with Gasteiger partial charge in [-0.05, 0) is 30.9 Å². The van der Waals surface area contributed by atoms with Gasteiger partial charge >= 0.3 is 0 Å². The third kappa shape index (κ3) is 2.43. The molecule has 138 valence electrons. The van der Waals surface area contributed by atoms with Gasteiger partial charge in [-0.3, -0.25) is 4.68 Å². The van der Waals surface area contributed by atoms with Gasteiger partial charge in [0.1, 0.15) is 17.0 Å². The fourth-order valence-corrected chi connectivity index (χ4v) is 4.27. The van der Waals surface area contributed by atoms with Crippen molar-refractivity contribution in [1.82, 2.24) is 19.7 Å². The number of nitrogen functional groups attached to an aromatic ring is 1. The van der Waals surface area contributed by atoms with E-state index >= 15 is 4.39 Å². The number of pyridine rings is 1. The Kier molecular flexibility index (Phi) is 3.49. The summed E-state index contributed by atoms with van der Waals surface area (Å²) in [4.78, 5) is 8.86. The third-order valence-corrected chi connectivity index (χ3v) is 5.82. The highest BCUT2D eigenvalue weighted by Crippen LogP contribution is 2.41. The van der Waals surface area contributed by atoms with Gasteiger partial charge in [0, 0.05) is 10.9 Å². The van der Waals surface area contributed by atoms with E-state index in [4.69, 9.17) is 5.73 Å². The Hall–Kier alpha value is -2.61. The van der Waals surface area contributed by atoms with Crippen molar-refractivity contribution in [2.45, 2.75) is 38.6 Å². The van der Waals surface area contributed by atoms with Crippen LogP contribution in [0.5, 0.6) is 0 Å². The summed E-state index contributed by atoms with van der Waals surface area (Å²) in [5.74, 6) is -0.782. The van der Waals surface area contributed by atoms with Crippen molar-refractivity contribution >= 4 is 37.6 Å². The molecule has 1 aliphatic rings. The van der Waals surface area contributed by atoms with Gasteiger partial charge in [-0.25, -0.2) is 18.7 Å². The van der Waals surface area contributed by atoms with Crippen LogP contribution >= 0.6 is 11.3 Å². The number of hydrogen-bond acceptors (Lipinski definition) is 5. The Labute approximate surface area is 157 Å². The van der Waals surface area contributed by atoms with Crippen LogP contribution in [0, 0.1) is 11.6 Å². The molecule has 5 nitrogen and oxygen atoms in total. The number of nitrogens with two attached hydrogens (primary N) is 1. The van der Waals surface area contributed by atoms with E-state index < -0.39 is 11.6 Å². The molecule has 0 saturated heterocycles. The lowest BCUT2D eigenvalue weighted by Gasteiger charge is -2.13. The molecule has 0 unspecified atom stereocenters. The highest BCUT2D eigenvalue weighted by Gasteiger charge is 2.30. The summed E-state index contributed by atoms with van der Waals surface area (Å²) >= 11 is 1.05. The summed E-state index contributed by atoms with van der Waals surface area (Å²) < 4.78 is 31.9. The minimum absolute atomic E-state index is 0.0835. The molecule has 1 aromatic carbocycles. The van der Waals surface area contributed by atoms with Crippen molar-refractivity contribution < 1.29 is 8.78 Å². The van der Waals surface area contributed by atoms with Crippen LogP contribution in [0.2, 0.25) is 0 Å². The number of nitrogens with zero attached hydrogens (tertiary/aromatic N) is 4. The molecule has 4 aromatic rings. The Morgan fingerprint density at radius 3 is 2.70 bits per heavy atom. The van der Waals surface area contributed by atoms with E-state index in [2.05, 4.69) is 15.1 Å². The van der Waals surface area contributed by atoms with E-state index in [1.165, 1.54) is 12.1 Å². The molecule has 5 rings (SSSR count). The van der Waals surface area contributed by atoms with Gasteiger partial charge in [0.2, 0.25) is 0 Å². The first kappa shape index (κ1) is 16.6. The van der Waals surface area contributed by atoms with E-state index in [0.717, 1.165) is 35.3 Å². The first-order valence-electron chi connectivity index (χ1n) is 8.87. The van der Waals surface area contributed by atoms with Crippen LogP contribution in [-0.4, -0.2) is 19.7 Å². The van der Waals surface area contributed by atoms with Gasteiger partial charge in [-0.1, -0.05) is 25.2 Å². The number of hydrogen-bond donors (Lipinski definition) is 1. The van der Waals surface area contributed by atoms with Crippen LogP contribution in [-0.2, 0) is 0 Å². The van der Waals surface area contributed by atoms with Crippen LogP contribution in [0.3, 0.4) is 0 Å². The van der Waals surface area contributed by atoms with Crippen molar-refractivity contribution in [2.24, 2.45) is 0 Å². The zero-order valence-electron chi connectivity index (χ0n) is 14.8. The first-order valence-corrected chi connectivity index (χ1v) is 9.69. The molecule has 0 aliphatic heterocycles. The molecular weight excluding hydrogens is 368 g/mol. The van der Waals surface area contributed by atoms with Gasteiger partial charge < -0.3 is 5.73 Å². The molecule has 0 spiro atoms. The summed E-state index contributed by atoms with van der Waals surface area (Å²) in [7, 11) is 0. The number of aromatic nitrogens is 4. The number of halogens is 2. The van der Waals surface area contributed by atoms with Crippen LogP contribution in [0.4, 0.5) is 13.9 Å². The highest BCUT2D eigenvalue weighted by molar-refractivity contribution is 7.22. The summed E-state index contributed by atoms with van der Waals surface area (Å²) in [6, 6.07) is 3.07. The third-order valence-electron chi connectivity index (χ3n) is 4.93. The second kappa shape index (κ2) is 5.69. The molecule has 0 atom stereocenters. The number of thiazole rings is 1. The maximum Gasteiger partial charge on any atom is 0.181 e. The first-order chi connectivity index (χ1) is 13.0. The SMILES string of the molecule is CC(C)c1nc(-c2ccc(F)c3sc(N)nc23)c(F)c2c1cnn2C1CC1. The fraction of sp³-hybridized carbons (Fsp3) is 0.316. The highest BCUT2D eigenvalue weighted by atomic mass is 32.1. The van der Waals surface area contributed by atoms with Crippen LogP contribution in [0.1, 0.15) is 44.3 Å². The van der Waals surface area contributed by atoms with Crippen LogP contribution in [0.25, 0.3) is 32.4 Å². The normalized spacial score (nSPS) is 14.7. The monoisotopic (exact) mass is 385 g/mol. The minimum atomic E-state index is -0.446. The molecular formula is C19H17F2N5S. The number of rotatable bonds is 3. The quantitative estimate of drug-likeness (QED) is 0.537. The van der Waals surface area contributed by atoms with E-state index in [1.807, 2.05) is 13.8 Å². The average Bonchev–Trinajstić information content (AvgIpc) is 3.24. The lowest BCUT2D eigenvalue weighted by Crippen LogP contribution is -2.04. The molecule has 1 aliphatic carbocycles. The van der Waals surface area contributed by atoms with Gasteiger partial charge in [0.15, 0.2) is 10.9 Å². The average molecular weight is 385 g/mol. The number of benzene rings is 1. The van der Waals surface area contributed by atoms with E-state index in [9.17, 15) is 4.39 Å². The van der Waals surface area contributed by atoms with E-state index in [-0.39, 0.29) is 22.8 Å². The molecule has 0 radical (unpaired) electrons. The number of anilines is 1. The van der Waals surface area contributed by atoms with Crippen LogP contribution < -0.4 is 5.73 Å². The molecule has 3 aromatic heterocycles. The second-order valence-electron chi connectivity index (χ2n) is 7.22. The van der Waals surface area contributed by atoms with E-state index in [0.29, 0.717) is 21.3 Å². The fourth-order valence-electron chi connectivity index (χ4n) is 3.51. The predicted molar refractivity (Wildman–Crippen MR) is 103 cm³/mol. The molecule has 27 heavy (non-hydrogen) atoms. The van der Waals surface area contributed by atoms with Crippen molar-refractivity contribution in [1.29, 1.82) is 0 Å². The minimum Gasteiger partial charge on any atom is -0.375 e. The maximum atomic E-state index is 15.6. The molecule has 0 amide bonds. The Bertz CT molecular complexity index is 1210. The summed E-state index contributed by atoms with van der Waals surface area (Å²) in [5, 5.41) is 5.39. The Balaban J connectivity index is 1.87. The lowest BCUT2D eigenvalue weighted by atomic mass is 10.0. The van der Waals surface area contributed by atoms with Gasteiger partial charge in [0.25, 0.3) is 0 Å². The largest absolute Gasteiger partial charge is 0.375 e. The summed E-state index contributed by atoms with van der Waals surface area (Å²) in [6.07, 6.45) is 3.69. The summed E-state index contributed by atoms with van der Waals surface area (Å²) in [5.41, 5.74) is 7.98.